The topological polar surface area (TPSA) is 108 Å². The number of thiazole rings is 1. The van der Waals surface area contributed by atoms with Crippen molar-refractivity contribution < 1.29 is 19.1 Å². The number of halogens is 1. The second-order valence-corrected chi connectivity index (χ2v) is 8.75. The van der Waals surface area contributed by atoms with Gasteiger partial charge < -0.3 is 19.4 Å². The van der Waals surface area contributed by atoms with Gasteiger partial charge in [-0.1, -0.05) is 34.7 Å². The number of amides is 1. The van der Waals surface area contributed by atoms with Gasteiger partial charge in [0.1, 0.15) is 17.2 Å². The molecular weight excluding hydrogens is 474 g/mol. The minimum absolute atomic E-state index is 0.115. The first-order chi connectivity index (χ1) is 15.4. The maximum absolute atomic E-state index is 12.4. The lowest BCUT2D eigenvalue weighted by Gasteiger charge is -2.09. The number of rotatable bonds is 10. The molecule has 2 heterocycles. The Hall–Kier alpha value is -2.63. The zero-order chi connectivity index (χ0) is 23.1. The van der Waals surface area contributed by atoms with Crippen molar-refractivity contribution >= 4 is 51.7 Å². The average Bonchev–Trinajstić information content (AvgIpc) is 3.34. The fourth-order valence-electron chi connectivity index (χ4n) is 2.65. The Labute approximate surface area is 198 Å². The van der Waals surface area contributed by atoms with E-state index in [4.69, 9.17) is 21.1 Å². The van der Waals surface area contributed by atoms with Crippen molar-refractivity contribution in [1.29, 1.82) is 0 Å². The monoisotopic (exact) mass is 495 g/mol. The molecule has 32 heavy (non-hydrogen) atoms. The van der Waals surface area contributed by atoms with E-state index in [2.05, 4.69) is 20.5 Å². The SMILES string of the molecule is CCOC(=O)c1sc(NC(=O)CSc2nnc(COc3ccc(Cl)cc3)n2CC)nc1C. The molecule has 0 fully saturated rings. The molecule has 3 rings (SSSR count). The van der Waals surface area contributed by atoms with E-state index in [1.165, 1.54) is 11.8 Å². The third-order valence-electron chi connectivity index (χ3n) is 4.13. The summed E-state index contributed by atoms with van der Waals surface area (Å²) in [5.74, 6) is 0.740. The van der Waals surface area contributed by atoms with Crippen LogP contribution in [0.3, 0.4) is 0 Å². The number of hydrogen-bond acceptors (Lipinski definition) is 9. The second-order valence-electron chi connectivity index (χ2n) is 6.38. The molecule has 12 heteroatoms. The first-order valence-electron chi connectivity index (χ1n) is 9.78. The Bertz CT molecular complexity index is 1080. The van der Waals surface area contributed by atoms with Crippen LogP contribution in [0.1, 0.15) is 35.0 Å². The van der Waals surface area contributed by atoms with Crippen LogP contribution in [-0.2, 0) is 22.7 Å². The van der Waals surface area contributed by atoms with Crippen molar-refractivity contribution in [1.82, 2.24) is 19.7 Å². The second kappa shape index (κ2) is 11.3. The lowest BCUT2D eigenvalue weighted by atomic mass is 10.3. The van der Waals surface area contributed by atoms with Gasteiger partial charge in [-0.15, -0.1) is 10.2 Å². The normalized spacial score (nSPS) is 10.8. The van der Waals surface area contributed by atoms with E-state index in [1.54, 1.807) is 38.1 Å². The summed E-state index contributed by atoms with van der Waals surface area (Å²) in [7, 11) is 0. The third kappa shape index (κ3) is 6.21. The number of carbonyl (C=O) groups excluding carboxylic acids is 2. The molecule has 0 spiro atoms. The number of esters is 1. The van der Waals surface area contributed by atoms with Crippen LogP contribution in [0.25, 0.3) is 0 Å². The van der Waals surface area contributed by atoms with Gasteiger partial charge in [0.25, 0.3) is 0 Å². The van der Waals surface area contributed by atoms with Crippen LogP contribution < -0.4 is 10.1 Å². The summed E-state index contributed by atoms with van der Waals surface area (Å²) < 4.78 is 12.6. The smallest absolute Gasteiger partial charge is 0.350 e. The van der Waals surface area contributed by atoms with Crippen molar-refractivity contribution in [2.45, 2.75) is 39.1 Å². The largest absolute Gasteiger partial charge is 0.486 e. The van der Waals surface area contributed by atoms with Gasteiger partial charge in [0.15, 0.2) is 16.1 Å². The van der Waals surface area contributed by atoms with Crippen molar-refractivity contribution in [3.8, 4) is 5.75 Å². The highest BCUT2D eigenvalue weighted by Crippen LogP contribution is 2.24. The van der Waals surface area contributed by atoms with Crippen LogP contribution >= 0.6 is 34.7 Å². The number of aryl methyl sites for hydroxylation is 1. The minimum atomic E-state index is -0.443. The Morgan fingerprint density at radius 2 is 1.97 bits per heavy atom. The van der Waals surface area contributed by atoms with E-state index < -0.39 is 5.97 Å². The van der Waals surface area contributed by atoms with E-state index in [-0.39, 0.29) is 24.9 Å². The number of anilines is 1. The zero-order valence-electron chi connectivity index (χ0n) is 17.8. The molecule has 0 aliphatic heterocycles. The van der Waals surface area contributed by atoms with Crippen LogP contribution in [0.15, 0.2) is 29.4 Å². The minimum Gasteiger partial charge on any atom is -0.486 e. The maximum Gasteiger partial charge on any atom is 0.350 e. The van der Waals surface area contributed by atoms with Gasteiger partial charge in [-0.2, -0.15) is 0 Å². The Balaban J connectivity index is 1.56. The van der Waals surface area contributed by atoms with Crippen LogP contribution in [-0.4, -0.2) is 44.0 Å². The number of ether oxygens (including phenoxy) is 2. The molecule has 0 saturated carbocycles. The lowest BCUT2D eigenvalue weighted by Crippen LogP contribution is -2.14. The first-order valence-corrected chi connectivity index (χ1v) is 12.0. The van der Waals surface area contributed by atoms with Gasteiger partial charge in [0, 0.05) is 11.6 Å². The molecule has 9 nitrogen and oxygen atoms in total. The van der Waals surface area contributed by atoms with E-state index >= 15 is 0 Å². The molecule has 0 unspecified atom stereocenters. The lowest BCUT2D eigenvalue weighted by molar-refractivity contribution is -0.113. The summed E-state index contributed by atoms with van der Waals surface area (Å²) in [6.45, 7) is 6.55. The highest BCUT2D eigenvalue weighted by Gasteiger charge is 2.18. The number of nitrogens with one attached hydrogen (secondary N) is 1. The fraction of sp³-hybridized carbons (Fsp3) is 0.350. The zero-order valence-corrected chi connectivity index (χ0v) is 20.1. The van der Waals surface area contributed by atoms with E-state index in [0.717, 1.165) is 11.3 Å². The number of nitrogens with zero attached hydrogens (tertiary/aromatic N) is 4. The standard InChI is InChI=1S/C20H22ClN5O4S2/c1-4-26-15(10-30-14-8-6-13(21)7-9-14)24-25-20(26)31-11-16(27)23-19-22-12(3)17(32-19)18(28)29-5-2/h6-9H,4-5,10-11H2,1-3H3,(H,22,23,27). The Kier molecular flexibility index (Phi) is 8.48. The molecular formula is C20H22ClN5O4S2. The van der Waals surface area contributed by atoms with Crippen LogP contribution in [0.4, 0.5) is 5.13 Å². The van der Waals surface area contributed by atoms with Gasteiger partial charge in [-0.25, -0.2) is 9.78 Å². The number of aromatic nitrogens is 4. The molecule has 0 bridgehead atoms. The quantitative estimate of drug-likeness (QED) is 0.329. The Morgan fingerprint density at radius 3 is 2.66 bits per heavy atom. The molecule has 0 atom stereocenters. The fourth-order valence-corrected chi connectivity index (χ4v) is 4.47. The molecule has 0 saturated heterocycles. The van der Waals surface area contributed by atoms with Crippen LogP contribution in [0, 0.1) is 6.92 Å². The summed E-state index contributed by atoms with van der Waals surface area (Å²) in [4.78, 5) is 28.9. The molecule has 0 aliphatic rings. The number of hydrogen-bond donors (Lipinski definition) is 1. The third-order valence-corrected chi connectivity index (χ3v) is 6.40. The van der Waals surface area contributed by atoms with Gasteiger partial charge in [-0.05, 0) is 45.0 Å². The van der Waals surface area contributed by atoms with Crippen molar-refractivity contribution in [2.75, 3.05) is 17.7 Å². The molecule has 170 valence electrons. The summed E-state index contributed by atoms with van der Waals surface area (Å²) in [5, 5.41) is 12.7. The summed E-state index contributed by atoms with van der Waals surface area (Å²) >= 11 is 8.23. The predicted molar refractivity (Wildman–Crippen MR) is 124 cm³/mol. The molecule has 3 aromatic rings. The van der Waals surface area contributed by atoms with E-state index in [1.807, 2.05) is 11.5 Å². The summed E-state index contributed by atoms with van der Waals surface area (Å²) in [6, 6.07) is 7.06. The Morgan fingerprint density at radius 1 is 1.22 bits per heavy atom. The first kappa shape index (κ1) is 24.0. The van der Waals surface area contributed by atoms with E-state index in [9.17, 15) is 9.59 Å². The molecule has 1 amide bonds. The molecule has 1 aromatic carbocycles. The van der Waals surface area contributed by atoms with Gasteiger partial charge in [-0.3, -0.25) is 4.79 Å². The molecule has 1 N–H and O–H groups in total. The summed E-state index contributed by atoms with van der Waals surface area (Å²) in [6.07, 6.45) is 0. The highest BCUT2D eigenvalue weighted by atomic mass is 35.5. The summed E-state index contributed by atoms with van der Waals surface area (Å²) in [5.41, 5.74) is 0.521. The van der Waals surface area contributed by atoms with Gasteiger partial charge in [0.2, 0.25) is 5.91 Å². The number of benzene rings is 1. The van der Waals surface area contributed by atoms with Crippen molar-refractivity contribution in [3.63, 3.8) is 0 Å². The van der Waals surface area contributed by atoms with Crippen molar-refractivity contribution in [3.05, 3.63) is 45.7 Å². The average molecular weight is 496 g/mol. The van der Waals surface area contributed by atoms with Crippen molar-refractivity contribution in [2.24, 2.45) is 0 Å². The van der Waals surface area contributed by atoms with Crippen LogP contribution in [0.5, 0.6) is 5.75 Å². The van der Waals surface area contributed by atoms with Crippen LogP contribution in [0.2, 0.25) is 5.02 Å². The molecule has 2 aromatic heterocycles. The molecule has 0 radical (unpaired) electrons. The number of carbonyl (C=O) groups is 2. The van der Waals surface area contributed by atoms with E-state index in [0.29, 0.717) is 44.0 Å². The maximum atomic E-state index is 12.4. The molecule has 0 aliphatic carbocycles. The predicted octanol–water partition coefficient (Wildman–Crippen LogP) is 4.20. The number of thioether (sulfide) groups is 1. The van der Waals surface area contributed by atoms with Gasteiger partial charge in [0.05, 0.1) is 18.1 Å². The van der Waals surface area contributed by atoms with Gasteiger partial charge >= 0.3 is 5.97 Å². The highest BCUT2D eigenvalue weighted by molar-refractivity contribution is 7.99.